The highest BCUT2D eigenvalue weighted by Crippen LogP contribution is 2.30. The first-order valence-electron chi connectivity index (χ1n) is 3.99. The van der Waals surface area contributed by atoms with Gasteiger partial charge in [-0.15, -0.1) is 0 Å². The van der Waals surface area contributed by atoms with Crippen LogP contribution in [0.4, 0.5) is 13.2 Å². The van der Waals surface area contributed by atoms with Crippen molar-refractivity contribution in [1.29, 1.82) is 0 Å². The van der Waals surface area contributed by atoms with Crippen molar-refractivity contribution in [1.82, 2.24) is 4.98 Å². The first-order valence-corrected chi connectivity index (χ1v) is 3.99. The molecule has 1 aromatic heterocycles. The molecule has 0 amide bonds. The van der Waals surface area contributed by atoms with Gasteiger partial charge in [0, 0.05) is 6.20 Å². The lowest BCUT2D eigenvalue weighted by Crippen LogP contribution is -2.20. The highest BCUT2D eigenvalue weighted by atomic mass is 19.4. The Kier molecular flexibility index (Phi) is 3.32. The van der Waals surface area contributed by atoms with Crippen LogP contribution in [-0.2, 0) is 11.0 Å². The predicted molar refractivity (Wildman–Crippen MR) is 45.8 cm³/mol. The molecule has 1 rings (SSSR count). The third-order valence-corrected chi connectivity index (χ3v) is 1.73. The molecule has 17 heavy (non-hydrogen) atoms. The van der Waals surface area contributed by atoms with Crippen molar-refractivity contribution in [3.8, 4) is 0 Å². The molecule has 0 aliphatic rings. The fourth-order valence-electron chi connectivity index (χ4n) is 1.03. The summed E-state index contributed by atoms with van der Waals surface area (Å²) in [7, 11) is 0. The molecule has 1 heterocycles. The van der Waals surface area contributed by atoms with E-state index in [4.69, 9.17) is 5.11 Å². The molecule has 92 valence electrons. The van der Waals surface area contributed by atoms with Crippen molar-refractivity contribution < 1.29 is 32.7 Å². The second-order valence-corrected chi connectivity index (χ2v) is 2.83. The second kappa shape index (κ2) is 4.37. The van der Waals surface area contributed by atoms with Crippen molar-refractivity contribution >= 4 is 11.9 Å². The van der Waals surface area contributed by atoms with E-state index in [-0.39, 0.29) is 0 Å². The minimum atomic E-state index is -4.92. The van der Waals surface area contributed by atoms with E-state index in [2.05, 4.69) is 15.7 Å². The number of aromatic carboxylic acids is 1. The van der Waals surface area contributed by atoms with Crippen molar-refractivity contribution in [3.05, 3.63) is 29.1 Å². The summed E-state index contributed by atoms with van der Waals surface area (Å²) < 4.78 is 37.3. The summed E-state index contributed by atoms with van der Waals surface area (Å²) >= 11 is 0. The molecule has 0 saturated carbocycles. The summed E-state index contributed by atoms with van der Waals surface area (Å²) in [6.45, 7) is 0. The normalized spacial score (nSPS) is 11.1. The highest BCUT2D eigenvalue weighted by Gasteiger charge is 2.38. The molecule has 0 saturated heterocycles. The van der Waals surface area contributed by atoms with Crippen LogP contribution in [0.15, 0.2) is 12.3 Å². The molecule has 0 aromatic carbocycles. The van der Waals surface area contributed by atoms with Crippen molar-refractivity contribution in [3.63, 3.8) is 0 Å². The van der Waals surface area contributed by atoms with E-state index >= 15 is 0 Å². The molecule has 0 spiro atoms. The summed E-state index contributed by atoms with van der Waals surface area (Å²) in [5.74, 6) is 1.40. The van der Waals surface area contributed by atoms with E-state index in [0.29, 0.717) is 12.3 Å². The van der Waals surface area contributed by atoms with Gasteiger partial charge in [-0.2, -0.15) is 19.1 Å². The van der Waals surface area contributed by atoms with E-state index in [1.165, 1.54) is 0 Å². The number of carbonyl (C=O) groups is 2. The molecular weight excluding hydrogens is 245 g/mol. The third kappa shape index (κ3) is 2.69. The Morgan fingerprint density at radius 1 is 1.41 bits per heavy atom. The Hall–Kier alpha value is -2.16. The molecule has 0 atom stereocenters. The van der Waals surface area contributed by atoms with Crippen molar-refractivity contribution in [2.75, 3.05) is 0 Å². The first-order chi connectivity index (χ1) is 7.77. The SMILES string of the molecule is NOC(=O)c1cc(C(=O)O)cnc1C(F)(F)F. The predicted octanol–water partition coefficient (Wildman–Crippen LogP) is 0.829. The Balaban J connectivity index is 3.42. The molecule has 0 aliphatic heterocycles. The van der Waals surface area contributed by atoms with E-state index in [0.717, 1.165) is 0 Å². The number of nitrogens with zero attached hydrogens (tertiary/aromatic N) is 1. The van der Waals surface area contributed by atoms with E-state index in [1.54, 1.807) is 0 Å². The minimum absolute atomic E-state index is 0.485. The van der Waals surface area contributed by atoms with Crippen LogP contribution < -0.4 is 5.90 Å². The lowest BCUT2D eigenvalue weighted by molar-refractivity contribution is -0.141. The van der Waals surface area contributed by atoms with E-state index in [1.807, 2.05) is 0 Å². The Bertz CT molecular complexity index is 472. The Labute approximate surface area is 91.8 Å². The van der Waals surface area contributed by atoms with Crippen LogP contribution in [0.3, 0.4) is 0 Å². The second-order valence-electron chi connectivity index (χ2n) is 2.83. The third-order valence-electron chi connectivity index (χ3n) is 1.73. The van der Waals surface area contributed by atoms with Gasteiger partial charge in [-0.05, 0) is 6.07 Å². The summed E-state index contributed by atoms with van der Waals surface area (Å²) in [6.07, 6.45) is -4.43. The zero-order valence-corrected chi connectivity index (χ0v) is 7.99. The summed E-state index contributed by atoms with van der Waals surface area (Å²) in [5, 5.41) is 8.55. The molecule has 0 fully saturated rings. The average Bonchev–Trinajstić information content (AvgIpc) is 2.25. The van der Waals surface area contributed by atoms with Crippen LogP contribution in [-0.4, -0.2) is 22.0 Å². The van der Waals surface area contributed by atoms with Gasteiger partial charge >= 0.3 is 18.1 Å². The molecular formula is C8H5F3N2O4. The van der Waals surface area contributed by atoms with Gasteiger partial charge in [0.15, 0.2) is 5.69 Å². The zero-order chi connectivity index (χ0) is 13.2. The minimum Gasteiger partial charge on any atom is -0.478 e. The van der Waals surface area contributed by atoms with Crippen LogP contribution in [0.1, 0.15) is 26.4 Å². The van der Waals surface area contributed by atoms with Crippen LogP contribution in [0.5, 0.6) is 0 Å². The number of hydrogen-bond donors (Lipinski definition) is 2. The number of alkyl halides is 3. The lowest BCUT2D eigenvalue weighted by atomic mass is 10.1. The molecule has 1 aromatic rings. The first kappa shape index (κ1) is 12.9. The van der Waals surface area contributed by atoms with Crippen molar-refractivity contribution in [2.24, 2.45) is 5.90 Å². The molecule has 6 nitrogen and oxygen atoms in total. The van der Waals surface area contributed by atoms with Crippen LogP contribution in [0.2, 0.25) is 0 Å². The standard InChI is InChI=1S/C8H5F3N2O4/c9-8(10,11)5-4(7(16)17-12)1-3(2-13-5)6(14)15/h1-2H,12H2,(H,14,15). The van der Waals surface area contributed by atoms with Gasteiger partial charge in [0.05, 0.1) is 11.1 Å². The molecule has 0 bridgehead atoms. The molecule has 9 heteroatoms. The number of carboxylic acids is 1. The number of rotatable bonds is 2. The maximum Gasteiger partial charge on any atom is 0.434 e. The molecule has 0 unspecified atom stereocenters. The topological polar surface area (TPSA) is 103 Å². The molecule has 0 radical (unpaired) electrons. The van der Waals surface area contributed by atoms with Gasteiger partial charge in [0.2, 0.25) is 0 Å². The maximum absolute atomic E-state index is 12.4. The largest absolute Gasteiger partial charge is 0.478 e. The van der Waals surface area contributed by atoms with E-state index in [9.17, 15) is 22.8 Å². The zero-order valence-electron chi connectivity index (χ0n) is 7.99. The van der Waals surface area contributed by atoms with Gasteiger partial charge in [0.1, 0.15) is 0 Å². The Morgan fingerprint density at radius 3 is 2.41 bits per heavy atom. The lowest BCUT2D eigenvalue weighted by Gasteiger charge is -2.10. The number of halogens is 3. The number of aromatic nitrogens is 1. The molecule has 0 aliphatic carbocycles. The van der Waals surface area contributed by atoms with Gasteiger partial charge in [-0.1, -0.05) is 0 Å². The van der Waals surface area contributed by atoms with Gasteiger partial charge < -0.3 is 9.94 Å². The van der Waals surface area contributed by atoms with Crippen LogP contribution in [0, 0.1) is 0 Å². The number of carbonyl (C=O) groups excluding carboxylic acids is 1. The highest BCUT2D eigenvalue weighted by molar-refractivity contribution is 5.95. The Morgan fingerprint density at radius 2 is 2.00 bits per heavy atom. The van der Waals surface area contributed by atoms with Gasteiger partial charge in [0.25, 0.3) is 0 Å². The summed E-state index contributed by atoms with van der Waals surface area (Å²) in [5.41, 5.74) is -3.20. The summed E-state index contributed by atoms with van der Waals surface area (Å²) in [4.78, 5) is 28.0. The number of pyridine rings is 1. The van der Waals surface area contributed by atoms with Crippen LogP contribution >= 0.6 is 0 Å². The fraction of sp³-hybridized carbons (Fsp3) is 0.125. The van der Waals surface area contributed by atoms with Crippen molar-refractivity contribution in [2.45, 2.75) is 6.18 Å². The van der Waals surface area contributed by atoms with Crippen LogP contribution in [0.25, 0.3) is 0 Å². The fourth-order valence-corrected chi connectivity index (χ4v) is 1.03. The maximum atomic E-state index is 12.4. The summed E-state index contributed by atoms with van der Waals surface area (Å²) in [6, 6.07) is 0.493. The number of nitrogens with two attached hydrogens (primary N) is 1. The molecule has 3 N–H and O–H groups in total. The monoisotopic (exact) mass is 250 g/mol. The van der Waals surface area contributed by atoms with Gasteiger partial charge in [-0.25, -0.2) is 9.59 Å². The van der Waals surface area contributed by atoms with Gasteiger partial charge in [-0.3, -0.25) is 4.98 Å². The number of carboxylic acid groups (broad SMARTS) is 1. The van der Waals surface area contributed by atoms with E-state index < -0.39 is 34.9 Å². The average molecular weight is 250 g/mol. The quantitative estimate of drug-likeness (QED) is 0.753. The number of hydrogen-bond acceptors (Lipinski definition) is 5. The smallest absolute Gasteiger partial charge is 0.434 e.